The molecule has 0 amide bonds. The highest BCUT2D eigenvalue weighted by Gasteiger charge is 2.26. The van der Waals surface area contributed by atoms with Gasteiger partial charge in [-0.25, -0.2) is 4.79 Å². The number of hydrogen-bond acceptors (Lipinski definition) is 3. The van der Waals surface area contributed by atoms with Crippen LogP contribution in [0.1, 0.15) is 23.0 Å². The average molecular weight is 487 g/mol. The fraction of sp³-hybridized carbons (Fsp3) is 0.143. The zero-order chi connectivity index (χ0) is 22.2. The Morgan fingerprint density at radius 3 is 2.13 bits per heavy atom. The molecule has 2 aromatic carbocycles. The van der Waals surface area contributed by atoms with Gasteiger partial charge in [-0.15, -0.1) is 0 Å². The molecule has 1 N–H and O–H groups in total. The van der Waals surface area contributed by atoms with E-state index in [-0.39, 0.29) is 27.2 Å². The van der Waals surface area contributed by atoms with Gasteiger partial charge in [-0.05, 0) is 38.1 Å². The number of rotatable bonds is 5. The standard InChI is InChI=1S/C21H15Cl4NO4/c1-3-26-10(2)20(30-12-5-7-14(23)16(25)9-12)19(27)17(21(28)29)18(26)11-4-6-13(22)15(24)8-11/h4-9H,3H2,1-2H3,(H,28,29). The number of halogens is 4. The molecule has 5 nitrogen and oxygen atoms in total. The first-order valence-electron chi connectivity index (χ1n) is 8.74. The van der Waals surface area contributed by atoms with E-state index in [2.05, 4.69) is 0 Å². The van der Waals surface area contributed by atoms with E-state index in [0.29, 0.717) is 27.8 Å². The highest BCUT2D eigenvalue weighted by atomic mass is 35.5. The highest BCUT2D eigenvalue weighted by Crippen LogP contribution is 2.34. The molecule has 0 fully saturated rings. The Balaban J connectivity index is 2.30. The van der Waals surface area contributed by atoms with Crippen LogP contribution in [0.5, 0.6) is 11.5 Å². The van der Waals surface area contributed by atoms with Crippen molar-refractivity contribution in [2.45, 2.75) is 20.4 Å². The molecule has 0 aliphatic carbocycles. The van der Waals surface area contributed by atoms with Crippen LogP contribution in [0.4, 0.5) is 0 Å². The van der Waals surface area contributed by atoms with Gasteiger partial charge in [0.05, 0.1) is 31.5 Å². The molecular weight excluding hydrogens is 472 g/mol. The molecule has 0 aliphatic rings. The van der Waals surface area contributed by atoms with Gasteiger partial charge < -0.3 is 14.4 Å². The average Bonchev–Trinajstić information content (AvgIpc) is 2.69. The number of carbonyl (C=O) groups is 1. The van der Waals surface area contributed by atoms with Crippen molar-refractivity contribution >= 4 is 52.4 Å². The van der Waals surface area contributed by atoms with Gasteiger partial charge in [0, 0.05) is 18.2 Å². The van der Waals surface area contributed by atoms with Crippen LogP contribution < -0.4 is 10.2 Å². The molecule has 1 heterocycles. The van der Waals surface area contributed by atoms with E-state index in [1.54, 1.807) is 23.6 Å². The van der Waals surface area contributed by atoms with Crippen LogP contribution in [0.2, 0.25) is 20.1 Å². The minimum atomic E-state index is -1.39. The molecule has 9 heteroatoms. The third kappa shape index (κ3) is 4.16. The van der Waals surface area contributed by atoms with Gasteiger partial charge in [0.1, 0.15) is 11.3 Å². The van der Waals surface area contributed by atoms with Crippen molar-refractivity contribution in [3.05, 3.63) is 78.0 Å². The lowest BCUT2D eigenvalue weighted by Gasteiger charge is -2.21. The molecule has 3 rings (SSSR count). The van der Waals surface area contributed by atoms with Crippen LogP contribution in [-0.4, -0.2) is 15.6 Å². The first-order valence-corrected chi connectivity index (χ1v) is 10.3. The molecule has 0 radical (unpaired) electrons. The number of hydrogen-bond donors (Lipinski definition) is 1. The van der Waals surface area contributed by atoms with Crippen LogP contribution in [0.3, 0.4) is 0 Å². The largest absolute Gasteiger partial charge is 0.477 e. The maximum absolute atomic E-state index is 13.2. The summed E-state index contributed by atoms with van der Waals surface area (Å²) >= 11 is 24.1. The number of aromatic carboxylic acids is 1. The van der Waals surface area contributed by atoms with E-state index in [1.807, 2.05) is 6.92 Å². The zero-order valence-electron chi connectivity index (χ0n) is 15.8. The van der Waals surface area contributed by atoms with E-state index < -0.39 is 17.0 Å². The third-order valence-electron chi connectivity index (χ3n) is 4.51. The SMILES string of the molecule is CCn1c(C)c(Oc2ccc(Cl)c(Cl)c2)c(=O)c(C(=O)O)c1-c1ccc(Cl)c(Cl)c1. The van der Waals surface area contributed by atoms with Crippen LogP contribution in [0.15, 0.2) is 41.2 Å². The van der Waals surface area contributed by atoms with E-state index in [4.69, 9.17) is 51.1 Å². The molecule has 0 aliphatic heterocycles. The molecule has 0 saturated carbocycles. The van der Waals surface area contributed by atoms with Gasteiger partial charge in [0.15, 0.2) is 5.75 Å². The van der Waals surface area contributed by atoms with Gasteiger partial charge in [0.25, 0.3) is 0 Å². The van der Waals surface area contributed by atoms with Crippen LogP contribution >= 0.6 is 46.4 Å². The number of benzene rings is 2. The van der Waals surface area contributed by atoms with Gasteiger partial charge in [-0.1, -0.05) is 52.5 Å². The Kier molecular flexibility index (Phi) is 6.68. The normalized spacial score (nSPS) is 10.9. The zero-order valence-corrected chi connectivity index (χ0v) is 18.8. The van der Waals surface area contributed by atoms with Gasteiger partial charge in [0.2, 0.25) is 5.43 Å². The molecular formula is C21H15Cl4NO4. The van der Waals surface area contributed by atoms with Crippen molar-refractivity contribution in [2.24, 2.45) is 0 Å². The first kappa shape index (κ1) is 22.5. The number of carboxylic acid groups (broad SMARTS) is 1. The van der Waals surface area contributed by atoms with Crippen LogP contribution in [0, 0.1) is 6.92 Å². The van der Waals surface area contributed by atoms with Crippen molar-refractivity contribution in [3.63, 3.8) is 0 Å². The fourth-order valence-electron chi connectivity index (χ4n) is 3.13. The summed E-state index contributed by atoms with van der Waals surface area (Å²) in [4.78, 5) is 25.2. The Morgan fingerprint density at radius 1 is 1.00 bits per heavy atom. The van der Waals surface area contributed by atoms with Crippen molar-refractivity contribution in [2.75, 3.05) is 0 Å². The number of aromatic nitrogens is 1. The minimum Gasteiger partial charge on any atom is -0.477 e. The maximum atomic E-state index is 13.2. The van der Waals surface area contributed by atoms with Gasteiger partial charge in [-0.2, -0.15) is 0 Å². The Morgan fingerprint density at radius 2 is 1.60 bits per heavy atom. The summed E-state index contributed by atoms with van der Waals surface area (Å²) in [5.41, 5.74) is -0.0927. The number of carboxylic acids is 1. The number of nitrogens with zero attached hydrogens (tertiary/aromatic N) is 1. The summed E-state index contributed by atoms with van der Waals surface area (Å²) in [6, 6.07) is 9.19. The summed E-state index contributed by atoms with van der Waals surface area (Å²) < 4.78 is 7.43. The van der Waals surface area contributed by atoms with Crippen molar-refractivity contribution in [1.29, 1.82) is 0 Å². The highest BCUT2D eigenvalue weighted by molar-refractivity contribution is 6.42. The monoisotopic (exact) mass is 485 g/mol. The predicted octanol–water partition coefficient (Wildman–Crippen LogP) is 6.95. The summed E-state index contributed by atoms with van der Waals surface area (Å²) in [6.07, 6.45) is 0. The third-order valence-corrected chi connectivity index (χ3v) is 5.99. The quantitative estimate of drug-likeness (QED) is 0.423. The second-order valence-electron chi connectivity index (χ2n) is 6.32. The molecule has 0 unspecified atom stereocenters. The van der Waals surface area contributed by atoms with Crippen molar-refractivity contribution < 1.29 is 14.6 Å². The molecule has 156 valence electrons. The summed E-state index contributed by atoms with van der Waals surface area (Å²) in [7, 11) is 0. The summed E-state index contributed by atoms with van der Waals surface area (Å²) in [6.45, 7) is 3.87. The second-order valence-corrected chi connectivity index (χ2v) is 7.95. The Bertz CT molecular complexity index is 1220. The van der Waals surface area contributed by atoms with E-state index >= 15 is 0 Å². The summed E-state index contributed by atoms with van der Waals surface area (Å²) in [5.74, 6) is -1.25. The molecule has 1 aromatic heterocycles. The topological polar surface area (TPSA) is 68.5 Å². The first-order chi connectivity index (χ1) is 14.1. The molecule has 3 aromatic rings. The van der Waals surface area contributed by atoms with E-state index in [0.717, 1.165) is 0 Å². The molecule has 30 heavy (non-hydrogen) atoms. The van der Waals surface area contributed by atoms with Gasteiger partial charge in [-0.3, -0.25) is 4.79 Å². The van der Waals surface area contributed by atoms with Crippen molar-refractivity contribution in [1.82, 2.24) is 4.57 Å². The van der Waals surface area contributed by atoms with Gasteiger partial charge >= 0.3 is 5.97 Å². The van der Waals surface area contributed by atoms with E-state index in [9.17, 15) is 14.7 Å². The number of pyridine rings is 1. The Labute approximate surface area is 192 Å². The lowest BCUT2D eigenvalue weighted by molar-refractivity contribution is 0.0695. The lowest BCUT2D eigenvalue weighted by atomic mass is 10.0. The second kappa shape index (κ2) is 8.90. The molecule has 0 atom stereocenters. The number of ether oxygens (including phenoxy) is 1. The smallest absolute Gasteiger partial charge is 0.342 e. The van der Waals surface area contributed by atoms with Crippen molar-refractivity contribution in [3.8, 4) is 22.8 Å². The van der Waals surface area contributed by atoms with E-state index in [1.165, 1.54) is 24.3 Å². The van der Waals surface area contributed by atoms with Crippen LogP contribution in [-0.2, 0) is 6.54 Å². The lowest BCUT2D eigenvalue weighted by Crippen LogP contribution is -2.24. The Hall–Kier alpha value is -2.18. The predicted molar refractivity (Wildman–Crippen MR) is 120 cm³/mol. The fourth-order valence-corrected chi connectivity index (χ4v) is 3.71. The molecule has 0 bridgehead atoms. The molecule has 0 spiro atoms. The molecule has 0 saturated heterocycles. The van der Waals surface area contributed by atoms with Crippen LogP contribution in [0.25, 0.3) is 11.3 Å². The summed E-state index contributed by atoms with van der Waals surface area (Å²) in [5, 5.41) is 11.0. The maximum Gasteiger partial charge on any atom is 0.342 e. The minimum absolute atomic E-state index is 0.114.